The highest BCUT2D eigenvalue weighted by Crippen LogP contribution is 2.49. The summed E-state index contributed by atoms with van der Waals surface area (Å²) in [5, 5.41) is 31.4. The minimum atomic E-state index is 0.634. The third-order valence-corrected chi connectivity index (χ3v) is 13.1. The molecule has 294 valence electrons. The monoisotopic (exact) mass is 808 g/mol. The van der Waals surface area contributed by atoms with Gasteiger partial charge in [-0.3, -0.25) is 0 Å². The van der Waals surface area contributed by atoms with Gasteiger partial charge in [0.25, 0.3) is 0 Å². The van der Waals surface area contributed by atoms with Gasteiger partial charge in [0.2, 0.25) is 0 Å². The summed E-state index contributed by atoms with van der Waals surface area (Å²) < 4.78 is 0. The second-order valence-corrected chi connectivity index (χ2v) is 16.7. The summed E-state index contributed by atoms with van der Waals surface area (Å²) in [6.45, 7) is 0. The Kier molecular flexibility index (Phi) is 8.65. The van der Waals surface area contributed by atoms with Crippen LogP contribution >= 0.6 is 0 Å². The largest absolute Gasteiger partial charge is 0.192 e. The van der Waals surface area contributed by atoms with Gasteiger partial charge in [-0.05, 0) is 169 Å². The standard InChI is InChI=1S/C62H36N2/c63-37-39-9-13-45(14-10-39)57-35-59(47-23-17-43(18-24-47)51-27-21-41-5-1-3-7-49(41)33-51)55-31-29-54-58(46-15-11-40(38-64)12-16-46)36-60(56-32-30-53(57)61(55)62(54)56)48-25-19-44(20-26-48)52-28-22-42-6-2-4-8-50(42)34-52/h1-36H. The molecular formula is C62H36N2. The molecule has 0 spiro atoms. The minimum Gasteiger partial charge on any atom is -0.192 e. The summed E-state index contributed by atoms with van der Waals surface area (Å²) in [5.41, 5.74) is 14.9. The SMILES string of the molecule is N#Cc1ccc(-c2cc(-c3ccc(-c4ccc5ccccc5c4)cc3)c3ccc4c(-c5ccc(C#N)cc5)cc(-c5ccc(-c6ccc7ccccc7c6)cc5)c5ccc2c3c45)cc1. The van der Waals surface area contributed by atoms with Gasteiger partial charge in [0, 0.05) is 0 Å². The summed E-state index contributed by atoms with van der Waals surface area (Å²) in [5.74, 6) is 0. The Morgan fingerprint density at radius 3 is 0.844 bits per heavy atom. The second kappa shape index (κ2) is 15.0. The highest BCUT2D eigenvalue weighted by molar-refractivity contribution is 6.32. The molecule has 0 heterocycles. The highest BCUT2D eigenvalue weighted by atomic mass is 14.3. The molecular weight excluding hydrogens is 773 g/mol. The summed E-state index contributed by atoms with van der Waals surface area (Å²) >= 11 is 0. The number of nitriles is 2. The number of hydrogen-bond acceptors (Lipinski definition) is 2. The van der Waals surface area contributed by atoms with Crippen LogP contribution in [0.25, 0.3) is 121 Å². The molecule has 12 aromatic rings. The Balaban J connectivity index is 1.09. The van der Waals surface area contributed by atoms with Gasteiger partial charge < -0.3 is 0 Å². The maximum atomic E-state index is 9.72. The van der Waals surface area contributed by atoms with E-state index in [2.05, 4.69) is 206 Å². The van der Waals surface area contributed by atoms with Gasteiger partial charge in [0.1, 0.15) is 0 Å². The van der Waals surface area contributed by atoms with Crippen LogP contribution in [0.3, 0.4) is 0 Å². The van der Waals surface area contributed by atoms with E-state index < -0.39 is 0 Å². The van der Waals surface area contributed by atoms with Crippen molar-refractivity contribution in [2.75, 3.05) is 0 Å². The van der Waals surface area contributed by atoms with E-state index in [0.29, 0.717) is 11.1 Å². The first kappa shape index (κ1) is 37.0. The lowest BCUT2D eigenvalue weighted by Crippen LogP contribution is -1.94. The van der Waals surface area contributed by atoms with E-state index in [1.165, 1.54) is 65.3 Å². The Morgan fingerprint density at radius 2 is 0.516 bits per heavy atom. The maximum absolute atomic E-state index is 9.72. The molecule has 0 saturated heterocycles. The fourth-order valence-corrected chi connectivity index (χ4v) is 9.82. The molecule has 0 N–H and O–H groups in total. The van der Waals surface area contributed by atoms with Crippen molar-refractivity contribution in [1.29, 1.82) is 10.5 Å². The van der Waals surface area contributed by atoms with E-state index in [1.807, 2.05) is 24.3 Å². The Hall–Kier alpha value is -8.82. The van der Waals surface area contributed by atoms with Crippen molar-refractivity contribution in [3.05, 3.63) is 230 Å². The van der Waals surface area contributed by atoms with Gasteiger partial charge in [0.15, 0.2) is 0 Å². The number of benzene rings is 12. The molecule has 0 aromatic heterocycles. The van der Waals surface area contributed by atoms with Crippen molar-refractivity contribution < 1.29 is 0 Å². The minimum absolute atomic E-state index is 0.634. The lowest BCUT2D eigenvalue weighted by Gasteiger charge is -2.22. The average molecular weight is 809 g/mol. The fraction of sp³-hybridized carbons (Fsp3) is 0. The van der Waals surface area contributed by atoms with Gasteiger partial charge in [-0.25, -0.2) is 0 Å². The van der Waals surface area contributed by atoms with Crippen molar-refractivity contribution in [3.8, 4) is 78.9 Å². The quantitative estimate of drug-likeness (QED) is 0.157. The summed E-state index contributed by atoms with van der Waals surface area (Å²) in [7, 11) is 0. The third-order valence-electron chi connectivity index (χ3n) is 13.1. The molecule has 0 bridgehead atoms. The maximum Gasteiger partial charge on any atom is 0.0991 e. The van der Waals surface area contributed by atoms with Gasteiger partial charge in [-0.15, -0.1) is 0 Å². The molecule has 12 aromatic carbocycles. The average Bonchev–Trinajstić information content (AvgIpc) is 3.37. The number of nitrogens with zero attached hydrogens (tertiary/aromatic N) is 2. The summed E-state index contributed by atoms with van der Waals surface area (Å²) in [6, 6.07) is 82.7. The summed E-state index contributed by atoms with van der Waals surface area (Å²) in [4.78, 5) is 0. The van der Waals surface area contributed by atoms with Crippen LogP contribution in [0.15, 0.2) is 218 Å². The molecule has 0 aliphatic rings. The van der Waals surface area contributed by atoms with Crippen molar-refractivity contribution in [1.82, 2.24) is 0 Å². The van der Waals surface area contributed by atoms with E-state index in [-0.39, 0.29) is 0 Å². The molecule has 0 aliphatic heterocycles. The van der Waals surface area contributed by atoms with Crippen LogP contribution in [-0.4, -0.2) is 0 Å². The van der Waals surface area contributed by atoms with Crippen LogP contribution in [0.4, 0.5) is 0 Å². The molecule has 0 atom stereocenters. The fourth-order valence-electron chi connectivity index (χ4n) is 9.82. The molecule has 0 saturated carbocycles. The zero-order valence-electron chi connectivity index (χ0n) is 34.7. The van der Waals surface area contributed by atoms with Crippen LogP contribution in [0, 0.1) is 22.7 Å². The topological polar surface area (TPSA) is 47.6 Å². The smallest absolute Gasteiger partial charge is 0.0991 e. The van der Waals surface area contributed by atoms with E-state index in [0.717, 1.165) is 55.3 Å². The predicted molar refractivity (Wildman–Crippen MR) is 267 cm³/mol. The van der Waals surface area contributed by atoms with E-state index >= 15 is 0 Å². The number of fused-ring (bicyclic) bond motifs is 2. The Labute approximate surface area is 371 Å². The first-order chi connectivity index (χ1) is 31.6. The van der Waals surface area contributed by atoms with Crippen LogP contribution in [0.2, 0.25) is 0 Å². The Morgan fingerprint density at radius 1 is 0.234 bits per heavy atom. The van der Waals surface area contributed by atoms with E-state index in [9.17, 15) is 10.5 Å². The molecule has 2 nitrogen and oxygen atoms in total. The van der Waals surface area contributed by atoms with Crippen molar-refractivity contribution >= 4 is 53.9 Å². The van der Waals surface area contributed by atoms with Gasteiger partial charge >= 0.3 is 0 Å². The van der Waals surface area contributed by atoms with E-state index in [1.54, 1.807) is 0 Å². The normalized spacial score (nSPS) is 11.4. The number of hydrogen-bond donors (Lipinski definition) is 0. The third kappa shape index (κ3) is 6.17. The molecule has 0 amide bonds. The van der Waals surface area contributed by atoms with Crippen molar-refractivity contribution in [2.24, 2.45) is 0 Å². The predicted octanol–water partition coefficient (Wildman–Crippen LogP) is 16.6. The molecule has 0 unspecified atom stereocenters. The molecule has 2 heteroatoms. The van der Waals surface area contributed by atoms with Crippen molar-refractivity contribution in [3.63, 3.8) is 0 Å². The van der Waals surface area contributed by atoms with Crippen LogP contribution < -0.4 is 0 Å². The van der Waals surface area contributed by atoms with Crippen LogP contribution in [0.5, 0.6) is 0 Å². The Bertz CT molecular complexity index is 3610. The molecule has 12 rings (SSSR count). The zero-order valence-corrected chi connectivity index (χ0v) is 34.7. The first-order valence-corrected chi connectivity index (χ1v) is 21.6. The van der Waals surface area contributed by atoms with Gasteiger partial charge in [0.05, 0.1) is 23.3 Å². The molecule has 0 radical (unpaired) electrons. The molecule has 0 aliphatic carbocycles. The lowest BCUT2D eigenvalue weighted by molar-refractivity contribution is 1.48. The first-order valence-electron chi connectivity index (χ1n) is 21.6. The van der Waals surface area contributed by atoms with Crippen molar-refractivity contribution in [2.45, 2.75) is 0 Å². The van der Waals surface area contributed by atoms with Crippen LogP contribution in [-0.2, 0) is 0 Å². The van der Waals surface area contributed by atoms with Gasteiger partial charge in [-0.1, -0.05) is 170 Å². The highest BCUT2D eigenvalue weighted by Gasteiger charge is 2.21. The van der Waals surface area contributed by atoms with Gasteiger partial charge in [-0.2, -0.15) is 10.5 Å². The number of rotatable bonds is 6. The van der Waals surface area contributed by atoms with E-state index in [4.69, 9.17) is 0 Å². The summed E-state index contributed by atoms with van der Waals surface area (Å²) in [6.07, 6.45) is 0. The second-order valence-electron chi connectivity index (χ2n) is 16.7. The lowest BCUT2D eigenvalue weighted by atomic mass is 9.81. The zero-order chi connectivity index (χ0) is 42.7. The molecule has 0 fully saturated rings. The molecule has 64 heavy (non-hydrogen) atoms. The van der Waals surface area contributed by atoms with Crippen LogP contribution in [0.1, 0.15) is 11.1 Å².